The molecular formula is C21H26ClN. The van der Waals surface area contributed by atoms with Crippen molar-refractivity contribution in [3.05, 3.63) is 58.1 Å². The van der Waals surface area contributed by atoms with Crippen molar-refractivity contribution in [2.24, 2.45) is 5.73 Å². The van der Waals surface area contributed by atoms with Crippen LogP contribution in [0.1, 0.15) is 34.2 Å². The maximum atomic E-state index is 5.76. The standard InChI is InChI=1S/C21H25N.ClH/c1-13-14(2)19(10-7-11-22)20-12-17-8-5-6-9-18(17)16(4)21(20)15(13)3;/h5-6,8-9,12H,7,10-11,22H2,1-4H3;1H. The zero-order valence-electron chi connectivity index (χ0n) is 14.5. The molecule has 0 amide bonds. The van der Waals surface area contributed by atoms with Gasteiger partial charge < -0.3 is 5.73 Å². The molecule has 0 saturated carbocycles. The summed E-state index contributed by atoms with van der Waals surface area (Å²) in [4.78, 5) is 0. The molecule has 0 aliphatic carbocycles. The van der Waals surface area contributed by atoms with E-state index in [-0.39, 0.29) is 12.4 Å². The summed E-state index contributed by atoms with van der Waals surface area (Å²) >= 11 is 0. The Kier molecular flexibility index (Phi) is 5.33. The molecule has 122 valence electrons. The van der Waals surface area contributed by atoms with Crippen LogP contribution >= 0.6 is 12.4 Å². The number of aryl methyl sites for hydroxylation is 3. The number of hydrogen-bond acceptors (Lipinski definition) is 1. The molecule has 0 aliphatic rings. The molecule has 0 unspecified atom stereocenters. The Balaban J connectivity index is 0.00000192. The van der Waals surface area contributed by atoms with Gasteiger partial charge in [-0.25, -0.2) is 0 Å². The minimum Gasteiger partial charge on any atom is -0.330 e. The predicted molar refractivity (Wildman–Crippen MR) is 105 cm³/mol. The van der Waals surface area contributed by atoms with Gasteiger partial charge in [0.05, 0.1) is 0 Å². The fraction of sp³-hybridized carbons (Fsp3) is 0.333. The highest BCUT2D eigenvalue weighted by atomic mass is 35.5. The largest absolute Gasteiger partial charge is 0.330 e. The van der Waals surface area contributed by atoms with Gasteiger partial charge in [-0.2, -0.15) is 0 Å². The molecule has 0 spiro atoms. The molecule has 0 atom stereocenters. The van der Waals surface area contributed by atoms with E-state index in [1.807, 2.05) is 0 Å². The van der Waals surface area contributed by atoms with Crippen molar-refractivity contribution in [1.82, 2.24) is 0 Å². The molecule has 23 heavy (non-hydrogen) atoms. The molecule has 3 aromatic carbocycles. The Labute approximate surface area is 145 Å². The lowest BCUT2D eigenvalue weighted by molar-refractivity contribution is 0.831. The predicted octanol–water partition coefficient (Wildman–Crippen LogP) is 5.54. The summed E-state index contributed by atoms with van der Waals surface area (Å²) in [6, 6.07) is 11.1. The average Bonchev–Trinajstić information content (AvgIpc) is 2.53. The van der Waals surface area contributed by atoms with Crippen molar-refractivity contribution in [2.75, 3.05) is 6.54 Å². The first-order valence-electron chi connectivity index (χ1n) is 8.17. The maximum absolute atomic E-state index is 5.76. The summed E-state index contributed by atoms with van der Waals surface area (Å²) in [5, 5.41) is 5.56. The molecule has 0 heterocycles. The van der Waals surface area contributed by atoms with Crippen LogP contribution in [0.4, 0.5) is 0 Å². The van der Waals surface area contributed by atoms with Crippen LogP contribution in [0.5, 0.6) is 0 Å². The van der Waals surface area contributed by atoms with Gasteiger partial charge in [-0.15, -0.1) is 12.4 Å². The Morgan fingerprint density at radius 1 is 0.826 bits per heavy atom. The fourth-order valence-corrected chi connectivity index (χ4v) is 3.75. The van der Waals surface area contributed by atoms with E-state index in [0.717, 1.165) is 19.4 Å². The third-order valence-electron chi connectivity index (χ3n) is 5.22. The number of halogens is 1. The third-order valence-corrected chi connectivity index (χ3v) is 5.22. The molecular weight excluding hydrogens is 302 g/mol. The van der Waals surface area contributed by atoms with Crippen LogP contribution < -0.4 is 5.73 Å². The normalized spacial score (nSPS) is 11.0. The monoisotopic (exact) mass is 327 g/mol. The van der Waals surface area contributed by atoms with Gasteiger partial charge in [0.1, 0.15) is 0 Å². The fourth-order valence-electron chi connectivity index (χ4n) is 3.75. The number of rotatable bonds is 3. The van der Waals surface area contributed by atoms with E-state index < -0.39 is 0 Å². The van der Waals surface area contributed by atoms with E-state index in [0.29, 0.717) is 0 Å². The Bertz CT molecular complexity index is 865. The van der Waals surface area contributed by atoms with Gasteiger partial charge in [0, 0.05) is 0 Å². The van der Waals surface area contributed by atoms with E-state index in [1.165, 1.54) is 49.4 Å². The topological polar surface area (TPSA) is 26.0 Å². The Morgan fingerprint density at radius 3 is 2.22 bits per heavy atom. The minimum absolute atomic E-state index is 0. The van der Waals surface area contributed by atoms with E-state index in [9.17, 15) is 0 Å². The lowest BCUT2D eigenvalue weighted by Crippen LogP contribution is -2.04. The molecule has 0 radical (unpaired) electrons. The van der Waals surface area contributed by atoms with Crippen LogP contribution in [0.25, 0.3) is 21.5 Å². The summed E-state index contributed by atoms with van der Waals surface area (Å²) in [6.07, 6.45) is 2.11. The highest BCUT2D eigenvalue weighted by Crippen LogP contribution is 2.36. The summed E-state index contributed by atoms with van der Waals surface area (Å²) < 4.78 is 0. The second-order valence-electron chi connectivity index (χ2n) is 6.39. The van der Waals surface area contributed by atoms with Crippen molar-refractivity contribution < 1.29 is 0 Å². The zero-order valence-corrected chi connectivity index (χ0v) is 15.3. The second kappa shape index (κ2) is 6.90. The Hall–Kier alpha value is -1.57. The van der Waals surface area contributed by atoms with Gasteiger partial charge in [-0.1, -0.05) is 24.3 Å². The number of fused-ring (bicyclic) bond motifs is 2. The number of benzene rings is 3. The van der Waals surface area contributed by atoms with E-state index >= 15 is 0 Å². The van der Waals surface area contributed by atoms with Crippen LogP contribution in [0.15, 0.2) is 30.3 Å². The first kappa shape index (κ1) is 17.8. The molecule has 0 bridgehead atoms. The van der Waals surface area contributed by atoms with Gasteiger partial charge in [-0.3, -0.25) is 0 Å². The van der Waals surface area contributed by atoms with Crippen molar-refractivity contribution in [2.45, 2.75) is 40.5 Å². The highest BCUT2D eigenvalue weighted by Gasteiger charge is 2.15. The summed E-state index contributed by atoms with van der Waals surface area (Å²) in [6.45, 7) is 9.79. The van der Waals surface area contributed by atoms with Gasteiger partial charge >= 0.3 is 0 Å². The molecule has 0 aromatic heterocycles. The molecule has 0 fully saturated rings. The highest BCUT2D eigenvalue weighted by molar-refractivity contribution is 6.05. The van der Waals surface area contributed by atoms with Gasteiger partial charge in [0.15, 0.2) is 0 Å². The first-order valence-corrected chi connectivity index (χ1v) is 8.17. The summed E-state index contributed by atoms with van der Waals surface area (Å²) in [7, 11) is 0. The van der Waals surface area contributed by atoms with Crippen molar-refractivity contribution >= 4 is 34.0 Å². The van der Waals surface area contributed by atoms with Crippen LogP contribution in [-0.2, 0) is 6.42 Å². The maximum Gasteiger partial charge on any atom is -0.00741 e. The van der Waals surface area contributed by atoms with Crippen molar-refractivity contribution in [1.29, 1.82) is 0 Å². The molecule has 2 N–H and O–H groups in total. The van der Waals surface area contributed by atoms with E-state index in [2.05, 4.69) is 58.0 Å². The lowest BCUT2D eigenvalue weighted by Gasteiger charge is -2.19. The molecule has 0 aliphatic heterocycles. The second-order valence-corrected chi connectivity index (χ2v) is 6.39. The smallest absolute Gasteiger partial charge is 0.00741 e. The van der Waals surface area contributed by atoms with Crippen LogP contribution in [-0.4, -0.2) is 6.54 Å². The summed E-state index contributed by atoms with van der Waals surface area (Å²) in [5.74, 6) is 0. The first-order chi connectivity index (χ1) is 10.6. The van der Waals surface area contributed by atoms with Gasteiger partial charge in [0.2, 0.25) is 0 Å². The zero-order chi connectivity index (χ0) is 15.9. The van der Waals surface area contributed by atoms with Crippen LogP contribution in [0, 0.1) is 27.7 Å². The van der Waals surface area contributed by atoms with Crippen molar-refractivity contribution in [3.63, 3.8) is 0 Å². The quantitative estimate of drug-likeness (QED) is 0.628. The molecule has 0 saturated heterocycles. The molecule has 2 heteroatoms. The third kappa shape index (κ3) is 2.84. The number of hydrogen-bond donors (Lipinski definition) is 1. The number of nitrogens with two attached hydrogens (primary N) is 1. The van der Waals surface area contributed by atoms with E-state index in [1.54, 1.807) is 0 Å². The summed E-state index contributed by atoms with van der Waals surface area (Å²) in [5.41, 5.74) is 12.9. The SMILES string of the molecule is Cc1c(C)c(C)c2c(C)c3ccccc3cc2c1CCCN.Cl. The van der Waals surface area contributed by atoms with Crippen molar-refractivity contribution in [3.8, 4) is 0 Å². The van der Waals surface area contributed by atoms with Gasteiger partial charge in [-0.05, 0) is 103 Å². The average molecular weight is 328 g/mol. The molecule has 1 nitrogen and oxygen atoms in total. The molecule has 3 aromatic rings. The van der Waals surface area contributed by atoms with Gasteiger partial charge in [0.25, 0.3) is 0 Å². The van der Waals surface area contributed by atoms with Crippen LogP contribution in [0.3, 0.4) is 0 Å². The van der Waals surface area contributed by atoms with Crippen LogP contribution in [0.2, 0.25) is 0 Å². The van der Waals surface area contributed by atoms with E-state index in [4.69, 9.17) is 5.73 Å². The molecule has 3 rings (SSSR count). The lowest BCUT2D eigenvalue weighted by atomic mass is 9.85. The Morgan fingerprint density at radius 2 is 1.52 bits per heavy atom. The minimum atomic E-state index is 0.